The molecule has 0 fully saturated rings. The molecule has 9 heteroatoms. The lowest BCUT2D eigenvalue weighted by Crippen LogP contribution is -2.35. The van der Waals surface area contributed by atoms with Crippen LogP contribution in [-0.4, -0.2) is 28.8 Å². The first kappa shape index (κ1) is 19.6. The van der Waals surface area contributed by atoms with E-state index in [1.54, 1.807) is 0 Å². The van der Waals surface area contributed by atoms with Crippen LogP contribution in [0.25, 0.3) is 5.69 Å². The van der Waals surface area contributed by atoms with Crippen LogP contribution in [0.2, 0.25) is 0 Å². The van der Waals surface area contributed by atoms with Crippen LogP contribution in [0, 0.1) is 12.8 Å². The minimum absolute atomic E-state index is 0.00934. The van der Waals surface area contributed by atoms with E-state index >= 15 is 0 Å². The number of aromatic nitrogens is 2. The van der Waals surface area contributed by atoms with Gasteiger partial charge in [0.2, 0.25) is 5.43 Å². The van der Waals surface area contributed by atoms with Gasteiger partial charge in [-0.15, -0.1) is 0 Å². The van der Waals surface area contributed by atoms with Gasteiger partial charge in [0.15, 0.2) is 5.69 Å². The Morgan fingerprint density at radius 2 is 2.04 bits per heavy atom. The zero-order valence-corrected chi connectivity index (χ0v) is 14.3. The third-order valence-electron chi connectivity index (χ3n) is 3.75. The van der Waals surface area contributed by atoms with Crippen molar-refractivity contribution in [3.8, 4) is 5.69 Å². The van der Waals surface area contributed by atoms with Crippen molar-refractivity contribution in [2.45, 2.75) is 20.0 Å². The number of hydrogen-bond donors (Lipinski definition) is 2. The quantitative estimate of drug-likeness (QED) is 0.843. The molecule has 140 valence electrons. The molecular formula is C17H19F3N4O2. The number of alkyl halides is 3. The summed E-state index contributed by atoms with van der Waals surface area (Å²) < 4.78 is 39.9. The molecule has 1 aromatic carbocycles. The zero-order chi connectivity index (χ0) is 19.5. The highest BCUT2D eigenvalue weighted by Crippen LogP contribution is 2.30. The average molecular weight is 368 g/mol. The monoisotopic (exact) mass is 368 g/mol. The average Bonchev–Trinajstić information content (AvgIpc) is 2.58. The van der Waals surface area contributed by atoms with Gasteiger partial charge in [0.25, 0.3) is 5.91 Å². The maximum absolute atomic E-state index is 12.9. The number of halogens is 3. The van der Waals surface area contributed by atoms with E-state index in [-0.39, 0.29) is 18.2 Å². The highest BCUT2D eigenvalue weighted by Gasteiger charge is 2.30. The summed E-state index contributed by atoms with van der Waals surface area (Å²) in [5, 5.41) is 6.51. The summed E-state index contributed by atoms with van der Waals surface area (Å²) in [6.45, 7) is 3.96. The second-order valence-corrected chi connectivity index (χ2v) is 6.01. The van der Waals surface area contributed by atoms with Crippen molar-refractivity contribution in [1.29, 1.82) is 0 Å². The Morgan fingerprint density at radius 1 is 1.35 bits per heavy atom. The van der Waals surface area contributed by atoms with Gasteiger partial charge in [0, 0.05) is 18.3 Å². The highest BCUT2D eigenvalue weighted by atomic mass is 19.4. The molecule has 0 aliphatic carbocycles. The lowest BCUT2D eigenvalue weighted by atomic mass is 10.2. The van der Waals surface area contributed by atoms with E-state index in [2.05, 4.69) is 10.4 Å². The Labute approximate surface area is 147 Å². The molecule has 1 heterocycles. The molecule has 0 saturated carbocycles. The van der Waals surface area contributed by atoms with Crippen LogP contribution in [0.3, 0.4) is 0 Å². The van der Waals surface area contributed by atoms with E-state index in [1.807, 2.05) is 6.92 Å². The van der Waals surface area contributed by atoms with E-state index in [9.17, 15) is 22.8 Å². The molecule has 0 aliphatic heterocycles. The van der Waals surface area contributed by atoms with Crippen molar-refractivity contribution in [1.82, 2.24) is 15.1 Å². The number of hydrogen-bond acceptors (Lipinski definition) is 4. The molecule has 1 aromatic heterocycles. The van der Waals surface area contributed by atoms with Crippen LogP contribution < -0.4 is 16.5 Å². The van der Waals surface area contributed by atoms with Crippen LogP contribution in [0.15, 0.2) is 35.1 Å². The number of carbonyl (C=O) groups excluding carboxylic acids is 1. The maximum atomic E-state index is 12.9. The number of nitrogens with zero attached hydrogens (tertiary/aromatic N) is 2. The molecule has 0 aliphatic rings. The fourth-order valence-electron chi connectivity index (χ4n) is 2.21. The van der Waals surface area contributed by atoms with Crippen LogP contribution in [0.1, 0.15) is 28.7 Å². The molecule has 2 aromatic rings. The Balaban J connectivity index is 2.42. The molecule has 26 heavy (non-hydrogen) atoms. The lowest BCUT2D eigenvalue weighted by Gasteiger charge is -2.14. The van der Waals surface area contributed by atoms with Gasteiger partial charge < -0.3 is 11.1 Å². The topological polar surface area (TPSA) is 90.0 Å². The minimum Gasteiger partial charge on any atom is -0.350 e. The minimum atomic E-state index is -4.51. The zero-order valence-electron chi connectivity index (χ0n) is 14.3. The van der Waals surface area contributed by atoms with Crippen molar-refractivity contribution in [3.63, 3.8) is 0 Å². The number of rotatable bonds is 5. The van der Waals surface area contributed by atoms with E-state index < -0.39 is 28.8 Å². The van der Waals surface area contributed by atoms with Crippen LogP contribution in [0.4, 0.5) is 13.2 Å². The predicted molar refractivity (Wildman–Crippen MR) is 90.1 cm³/mol. The normalized spacial score (nSPS) is 12.7. The number of aryl methyl sites for hydroxylation is 1. The van der Waals surface area contributed by atoms with Gasteiger partial charge in [-0.25, -0.2) is 4.68 Å². The number of carbonyl (C=O) groups is 1. The summed E-state index contributed by atoms with van der Waals surface area (Å²) in [7, 11) is 0. The van der Waals surface area contributed by atoms with Crippen molar-refractivity contribution >= 4 is 5.91 Å². The molecule has 0 saturated heterocycles. The molecule has 0 spiro atoms. The summed E-state index contributed by atoms with van der Waals surface area (Å²) in [6.07, 6.45) is -4.51. The fourth-order valence-corrected chi connectivity index (χ4v) is 2.21. The largest absolute Gasteiger partial charge is 0.416 e. The molecule has 0 bridgehead atoms. The van der Waals surface area contributed by atoms with E-state index in [1.165, 1.54) is 19.1 Å². The highest BCUT2D eigenvalue weighted by molar-refractivity contribution is 5.92. The fraction of sp³-hybridized carbons (Fsp3) is 0.353. The Bertz CT molecular complexity index is 862. The molecular weight excluding hydrogens is 349 g/mol. The molecule has 1 atom stereocenters. The smallest absolute Gasteiger partial charge is 0.350 e. The van der Waals surface area contributed by atoms with Gasteiger partial charge in [0.05, 0.1) is 11.3 Å². The second kappa shape index (κ2) is 7.69. The Morgan fingerprint density at radius 3 is 2.65 bits per heavy atom. The van der Waals surface area contributed by atoms with E-state index in [4.69, 9.17) is 5.73 Å². The van der Waals surface area contributed by atoms with Gasteiger partial charge in [-0.1, -0.05) is 13.0 Å². The van der Waals surface area contributed by atoms with Crippen molar-refractivity contribution in [2.75, 3.05) is 13.1 Å². The molecule has 2 rings (SSSR count). The number of nitrogens with two attached hydrogens (primary N) is 1. The predicted octanol–water partition coefficient (Wildman–Crippen LogP) is 1.88. The van der Waals surface area contributed by atoms with Crippen molar-refractivity contribution < 1.29 is 18.0 Å². The first-order valence-corrected chi connectivity index (χ1v) is 7.90. The van der Waals surface area contributed by atoms with Gasteiger partial charge >= 0.3 is 6.18 Å². The molecule has 6 nitrogen and oxygen atoms in total. The van der Waals surface area contributed by atoms with E-state index in [0.717, 1.165) is 22.9 Å². The van der Waals surface area contributed by atoms with Crippen molar-refractivity contribution in [3.05, 3.63) is 57.5 Å². The molecule has 3 N–H and O–H groups in total. The maximum Gasteiger partial charge on any atom is 0.416 e. The molecule has 1 unspecified atom stereocenters. The second-order valence-electron chi connectivity index (χ2n) is 6.01. The summed E-state index contributed by atoms with van der Waals surface area (Å²) in [4.78, 5) is 24.3. The van der Waals surface area contributed by atoms with Gasteiger partial charge in [-0.05, 0) is 37.6 Å². The van der Waals surface area contributed by atoms with Crippen LogP contribution in [-0.2, 0) is 6.18 Å². The molecule has 0 radical (unpaired) electrons. The Kier molecular flexibility index (Phi) is 5.81. The van der Waals surface area contributed by atoms with Gasteiger partial charge in [0.1, 0.15) is 0 Å². The first-order valence-electron chi connectivity index (χ1n) is 7.90. The van der Waals surface area contributed by atoms with Crippen molar-refractivity contribution in [2.24, 2.45) is 11.7 Å². The molecule has 1 amide bonds. The van der Waals surface area contributed by atoms with Gasteiger partial charge in [-0.3, -0.25) is 9.59 Å². The van der Waals surface area contributed by atoms with Gasteiger partial charge in [-0.2, -0.15) is 18.3 Å². The third kappa shape index (κ3) is 4.48. The van der Waals surface area contributed by atoms with E-state index in [0.29, 0.717) is 12.2 Å². The number of amides is 1. The standard InChI is InChI=1S/C17H19F3N4O2/c1-10(8-21)9-22-16(26)15-14(25)6-11(2)24(23-15)13-5-3-4-12(7-13)17(18,19)20/h3-7,10H,8-9,21H2,1-2H3,(H,22,26). The first-order chi connectivity index (χ1) is 12.1. The van der Waals surface area contributed by atoms with Crippen LogP contribution >= 0.6 is 0 Å². The third-order valence-corrected chi connectivity index (χ3v) is 3.75. The number of benzene rings is 1. The summed E-state index contributed by atoms with van der Waals surface area (Å²) in [5.74, 6) is -0.689. The lowest BCUT2D eigenvalue weighted by molar-refractivity contribution is -0.137. The number of nitrogens with one attached hydrogen (secondary N) is 1. The van der Waals surface area contributed by atoms with Crippen LogP contribution in [0.5, 0.6) is 0 Å². The summed E-state index contributed by atoms with van der Waals surface area (Å²) in [5.41, 5.74) is 4.03. The Hall–Kier alpha value is -2.68. The SMILES string of the molecule is Cc1cc(=O)c(C(=O)NCC(C)CN)nn1-c1cccc(C(F)(F)F)c1. The summed E-state index contributed by atoms with van der Waals surface area (Å²) >= 11 is 0. The summed E-state index contributed by atoms with van der Waals surface area (Å²) in [6, 6.07) is 5.65.